The minimum Gasteiger partial charge on any atom is -0.348 e. The summed E-state index contributed by atoms with van der Waals surface area (Å²) >= 11 is 1.34. The number of rotatable bonds is 5. The normalized spacial score (nSPS) is 14.3. The first-order valence-corrected chi connectivity index (χ1v) is 8.10. The molecule has 22 heavy (non-hydrogen) atoms. The second-order valence-corrected chi connectivity index (χ2v) is 6.41. The molecule has 1 aromatic heterocycles. The van der Waals surface area contributed by atoms with Gasteiger partial charge in [0.2, 0.25) is 5.91 Å². The lowest BCUT2D eigenvalue weighted by Crippen LogP contribution is -2.37. The van der Waals surface area contributed by atoms with E-state index in [1.807, 2.05) is 13.8 Å². The lowest BCUT2D eigenvalue weighted by atomic mass is 10.3. The van der Waals surface area contributed by atoms with E-state index < -0.39 is 11.8 Å². The van der Waals surface area contributed by atoms with Crippen LogP contribution in [0.4, 0.5) is 5.13 Å². The van der Waals surface area contributed by atoms with Crippen LogP contribution in [0.15, 0.2) is 0 Å². The molecule has 7 nitrogen and oxygen atoms in total. The Morgan fingerprint density at radius 2 is 2.09 bits per heavy atom. The van der Waals surface area contributed by atoms with Gasteiger partial charge < -0.3 is 10.2 Å². The highest BCUT2D eigenvalue weighted by Crippen LogP contribution is 2.20. The quantitative estimate of drug-likeness (QED) is 0.620. The second kappa shape index (κ2) is 7.35. The van der Waals surface area contributed by atoms with Crippen LogP contribution in [0.5, 0.6) is 0 Å². The Morgan fingerprint density at radius 3 is 2.68 bits per heavy atom. The fourth-order valence-electron chi connectivity index (χ4n) is 2.17. The SMILES string of the molecule is Cc1nc(NC(=O)C(=O)NCCCN2CCCC2=O)sc1C. The molecule has 0 saturated carbocycles. The molecule has 1 saturated heterocycles. The maximum absolute atomic E-state index is 11.7. The molecule has 1 fully saturated rings. The van der Waals surface area contributed by atoms with Gasteiger partial charge in [0, 0.05) is 30.9 Å². The number of amides is 3. The summed E-state index contributed by atoms with van der Waals surface area (Å²) in [5.41, 5.74) is 0.844. The van der Waals surface area contributed by atoms with Gasteiger partial charge in [-0.3, -0.25) is 19.7 Å². The Bertz CT molecular complexity index is 565. The monoisotopic (exact) mass is 324 g/mol. The summed E-state index contributed by atoms with van der Waals surface area (Å²) in [4.78, 5) is 41.7. The van der Waals surface area contributed by atoms with Crippen molar-refractivity contribution in [3.05, 3.63) is 10.6 Å². The molecule has 1 aromatic rings. The van der Waals surface area contributed by atoms with E-state index in [-0.39, 0.29) is 5.91 Å². The van der Waals surface area contributed by atoms with Crippen LogP contribution in [0.25, 0.3) is 0 Å². The average molecular weight is 324 g/mol. The summed E-state index contributed by atoms with van der Waals surface area (Å²) in [5, 5.41) is 5.46. The third-order valence-electron chi connectivity index (χ3n) is 3.52. The van der Waals surface area contributed by atoms with Crippen molar-refractivity contribution in [2.75, 3.05) is 25.0 Å². The van der Waals surface area contributed by atoms with Gasteiger partial charge in [-0.2, -0.15) is 0 Å². The van der Waals surface area contributed by atoms with Crippen LogP contribution in [0.3, 0.4) is 0 Å². The van der Waals surface area contributed by atoms with E-state index in [2.05, 4.69) is 15.6 Å². The number of likely N-dealkylation sites (tertiary alicyclic amines) is 1. The van der Waals surface area contributed by atoms with E-state index in [1.165, 1.54) is 11.3 Å². The van der Waals surface area contributed by atoms with Crippen molar-refractivity contribution in [2.45, 2.75) is 33.1 Å². The zero-order chi connectivity index (χ0) is 16.1. The molecule has 0 unspecified atom stereocenters. The van der Waals surface area contributed by atoms with Gasteiger partial charge in [0.05, 0.1) is 5.69 Å². The zero-order valence-corrected chi connectivity index (χ0v) is 13.6. The van der Waals surface area contributed by atoms with Crippen LogP contribution in [0.1, 0.15) is 29.8 Å². The predicted molar refractivity (Wildman–Crippen MR) is 83.7 cm³/mol. The van der Waals surface area contributed by atoms with Crippen LogP contribution < -0.4 is 10.6 Å². The summed E-state index contributed by atoms with van der Waals surface area (Å²) < 4.78 is 0. The minimum atomic E-state index is -0.717. The Kier molecular flexibility index (Phi) is 5.48. The van der Waals surface area contributed by atoms with Crippen LogP contribution in [-0.2, 0) is 14.4 Å². The molecule has 0 spiro atoms. The van der Waals surface area contributed by atoms with E-state index >= 15 is 0 Å². The molecular formula is C14H20N4O3S. The molecule has 2 N–H and O–H groups in total. The number of thiazole rings is 1. The van der Waals surface area contributed by atoms with Crippen LogP contribution in [-0.4, -0.2) is 47.2 Å². The van der Waals surface area contributed by atoms with Gasteiger partial charge in [0.1, 0.15) is 0 Å². The van der Waals surface area contributed by atoms with E-state index in [4.69, 9.17) is 0 Å². The fourth-order valence-corrected chi connectivity index (χ4v) is 2.98. The third-order valence-corrected chi connectivity index (χ3v) is 4.51. The highest BCUT2D eigenvalue weighted by molar-refractivity contribution is 7.15. The van der Waals surface area contributed by atoms with Crippen molar-refractivity contribution in [3.63, 3.8) is 0 Å². The summed E-state index contributed by atoms with van der Waals surface area (Å²) in [6.07, 6.45) is 2.15. The van der Waals surface area contributed by atoms with Crippen LogP contribution >= 0.6 is 11.3 Å². The molecule has 120 valence electrons. The van der Waals surface area contributed by atoms with Gasteiger partial charge in [-0.15, -0.1) is 11.3 Å². The highest BCUT2D eigenvalue weighted by Gasteiger charge is 2.20. The summed E-state index contributed by atoms with van der Waals surface area (Å²) in [6.45, 7) is 5.52. The predicted octanol–water partition coefficient (Wildman–Crippen LogP) is 0.827. The first-order valence-electron chi connectivity index (χ1n) is 7.28. The van der Waals surface area contributed by atoms with Crippen molar-refractivity contribution in [3.8, 4) is 0 Å². The number of aromatic nitrogens is 1. The Morgan fingerprint density at radius 1 is 1.32 bits per heavy atom. The highest BCUT2D eigenvalue weighted by atomic mass is 32.1. The number of hydrogen-bond donors (Lipinski definition) is 2. The Labute approximate surface area is 133 Å². The van der Waals surface area contributed by atoms with Gasteiger partial charge >= 0.3 is 11.8 Å². The summed E-state index contributed by atoms with van der Waals surface area (Å²) in [7, 11) is 0. The molecule has 0 aromatic carbocycles. The number of aryl methyl sites for hydroxylation is 2. The minimum absolute atomic E-state index is 0.165. The molecule has 0 aliphatic carbocycles. The van der Waals surface area contributed by atoms with Crippen molar-refractivity contribution in [1.29, 1.82) is 0 Å². The lowest BCUT2D eigenvalue weighted by Gasteiger charge is -2.15. The standard InChI is InChI=1S/C14H20N4O3S/c1-9-10(2)22-14(16-9)17-13(21)12(20)15-6-4-8-18-7-3-5-11(18)19/h3-8H2,1-2H3,(H,15,20)(H,16,17,21). The number of carbonyl (C=O) groups is 3. The van der Waals surface area contributed by atoms with Gasteiger partial charge in [-0.25, -0.2) is 4.98 Å². The number of nitrogens with one attached hydrogen (secondary N) is 2. The molecule has 2 rings (SSSR count). The number of nitrogens with zero attached hydrogens (tertiary/aromatic N) is 2. The van der Waals surface area contributed by atoms with E-state index in [9.17, 15) is 14.4 Å². The van der Waals surface area contributed by atoms with Crippen molar-refractivity contribution < 1.29 is 14.4 Å². The van der Waals surface area contributed by atoms with Gasteiger partial charge in [-0.05, 0) is 26.7 Å². The second-order valence-electron chi connectivity index (χ2n) is 5.21. The molecule has 2 heterocycles. The maximum atomic E-state index is 11.7. The largest absolute Gasteiger partial charge is 0.348 e. The number of carbonyl (C=O) groups excluding carboxylic acids is 3. The summed E-state index contributed by atoms with van der Waals surface area (Å²) in [6, 6.07) is 0. The molecule has 8 heteroatoms. The fraction of sp³-hybridized carbons (Fsp3) is 0.571. The first kappa shape index (κ1) is 16.4. The summed E-state index contributed by atoms with van der Waals surface area (Å²) in [5.74, 6) is -1.23. The number of anilines is 1. The Hall–Kier alpha value is -1.96. The molecule has 3 amide bonds. The Balaban J connectivity index is 1.68. The van der Waals surface area contributed by atoms with E-state index in [1.54, 1.807) is 4.90 Å². The van der Waals surface area contributed by atoms with Crippen molar-refractivity contribution in [1.82, 2.24) is 15.2 Å². The molecular weight excluding hydrogens is 304 g/mol. The zero-order valence-electron chi connectivity index (χ0n) is 12.8. The first-order chi connectivity index (χ1) is 10.5. The molecule has 0 bridgehead atoms. The lowest BCUT2D eigenvalue weighted by molar-refractivity contribution is -0.136. The van der Waals surface area contributed by atoms with E-state index in [0.717, 1.165) is 23.5 Å². The average Bonchev–Trinajstić information content (AvgIpc) is 3.01. The maximum Gasteiger partial charge on any atom is 0.315 e. The van der Waals surface area contributed by atoms with Crippen LogP contribution in [0, 0.1) is 13.8 Å². The molecule has 0 radical (unpaired) electrons. The van der Waals surface area contributed by atoms with Gasteiger partial charge in [-0.1, -0.05) is 0 Å². The smallest absolute Gasteiger partial charge is 0.315 e. The van der Waals surface area contributed by atoms with Gasteiger partial charge in [0.25, 0.3) is 0 Å². The van der Waals surface area contributed by atoms with Crippen molar-refractivity contribution in [2.24, 2.45) is 0 Å². The van der Waals surface area contributed by atoms with Gasteiger partial charge in [0.15, 0.2) is 5.13 Å². The number of hydrogen-bond acceptors (Lipinski definition) is 5. The van der Waals surface area contributed by atoms with Crippen LogP contribution in [0.2, 0.25) is 0 Å². The topological polar surface area (TPSA) is 91.4 Å². The van der Waals surface area contributed by atoms with E-state index in [0.29, 0.717) is 31.1 Å². The van der Waals surface area contributed by atoms with Crippen molar-refractivity contribution >= 4 is 34.2 Å². The third kappa shape index (κ3) is 4.27. The molecule has 1 aliphatic heterocycles. The molecule has 0 atom stereocenters. The molecule has 1 aliphatic rings.